The summed E-state index contributed by atoms with van der Waals surface area (Å²) in [6, 6.07) is 4.76. The second-order valence-electron chi connectivity index (χ2n) is 9.33. The van der Waals surface area contributed by atoms with Crippen LogP contribution in [-0.2, 0) is 0 Å². The summed E-state index contributed by atoms with van der Waals surface area (Å²) in [4.78, 5) is 4.28. The number of aryl methyl sites for hydroxylation is 1. The summed E-state index contributed by atoms with van der Waals surface area (Å²) in [6.45, 7) is 11.8. The standard InChI is InChI=1S/C26H29F2N3O/c1-14(2)24(17(5)29)25-22(28)10-18(12-30-25)31-16(4)9-20-19-8-15(3)21(27)11-23(19)32-13-26(20)6-7-26/h8,10-12,20,29,31H,4,6-7,9,13H2,1-3,5H3. The van der Waals surface area contributed by atoms with E-state index < -0.39 is 5.82 Å². The van der Waals surface area contributed by atoms with Crippen molar-refractivity contribution >= 4 is 17.0 Å². The molecule has 4 nitrogen and oxygen atoms in total. The van der Waals surface area contributed by atoms with Crippen LogP contribution in [0.1, 0.15) is 62.8 Å². The molecule has 1 fully saturated rings. The molecular formula is C26H29F2N3O. The lowest BCUT2D eigenvalue weighted by Gasteiger charge is -2.35. The van der Waals surface area contributed by atoms with Crippen molar-refractivity contribution in [3.8, 4) is 5.75 Å². The number of nitrogens with one attached hydrogen (secondary N) is 2. The zero-order valence-electron chi connectivity index (χ0n) is 19.0. The number of nitrogens with zero attached hydrogens (tertiary/aromatic N) is 1. The Morgan fingerprint density at radius 1 is 1.22 bits per heavy atom. The third-order valence-corrected chi connectivity index (χ3v) is 6.54. The van der Waals surface area contributed by atoms with Crippen LogP contribution < -0.4 is 10.1 Å². The average Bonchev–Trinajstić information content (AvgIpc) is 3.48. The van der Waals surface area contributed by atoms with E-state index in [2.05, 4.69) is 16.9 Å². The molecule has 1 aromatic heterocycles. The summed E-state index contributed by atoms with van der Waals surface area (Å²) in [5.74, 6) is 0.0349. The summed E-state index contributed by atoms with van der Waals surface area (Å²) in [5.41, 5.74) is 4.77. The van der Waals surface area contributed by atoms with Crippen LogP contribution in [0.25, 0.3) is 5.57 Å². The molecule has 2 aromatic rings. The quantitative estimate of drug-likeness (QED) is 0.490. The first kappa shape index (κ1) is 22.2. The number of anilines is 1. The van der Waals surface area contributed by atoms with E-state index in [1.807, 2.05) is 19.9 Å². The monoisotopic (exact) mass is 437 g/mol. The molecule has 1 spiro atoms. The number of benzene rings is 1. The first-order valence-electron chi connectivity index (χ1n) is 10.9. The van der Waals surface area contributed by atoms with Crippen molar-refractivity contribution in [2.75, 3.05) is 11.9 Å². The topological polar surface area (TPSA) is 58.0 Å². The molecule has 1 atom stereocenters. The van der Waals surface area contributed by atoms with Crippen molar-refractivity contribution in [2.45, 2.75) is 52.9 Å². The lowest BCUT2D eigenvalue weighted by atomic mass is 9.78. The van der Waals surface area contributed by atoms with Gasteiger partial charge in [-0.05, 0) is 64.2 Å². The second-order valence-corrected chi connectivity index (χ2v) is 9.33. The molecule has 32 heavy (non-hydrogen) atoms. The van der Waals surface area contributed by atoms with Crippen LogP contribution >= 0.6 is 0 Å². The van der Waals surface area contributed by atoms with E-state index in [1.54, 1.807) is 20.0 Å². The highest BCUT2D eigenvalue weighted by Gasteiger charge is 2.53. The maximum Gasteiger partial charge on any atom is 0.151 e. The molecule has 2 aliphatic rings. The lowest BCUT2D eigenvalue weighted by Crippen LogP contribution is -2.28. The fraction of sp³-hybridized carbons (Fsp3) is 0.385. The minimum Gasteiger partial charge on any atom is -0.493 e. The normalized spacial score (nSPS) is 17.9. The molecule has 2 N–H and O–H groups in total. The maximum absolute atomic E-state index is 14.8. The van der Waals surface area contributed by atoms with E-state index >= 15 is 0 Å². The van der Waals surface area contributed by atoms with Gasteiger partial charge in [-0.1, -0.05) is 12.2 Å². The van der Waals surface area contributed by atoms with Crippen molar-refractivity contribution in [3.05, 3.63) is 70.7 Å². The Hall–Kier alpha value is -3.02. The highest BCUT2D eigenvalue weighted by Crippen LogP contribution is 2.61. The third kappa shape index (κ3) is 4.06. The third-order valence-electron chi connectivity index (χ3n) is 6.54. The number of hydrogen-bond acceptors (Lipinski definition) is 4. The summed E-state index contributed by atoms with van der Waals surface area (Å²) in [7, 11) is 0. The first-order valence-corrected chi connectivity index (χ1v) is 10.9. The Morgan fingerprint density at radius 3 is 2.53 bits per heavy atom. The van der Waals surface area contributed by atoms with Crippen molar-refractivity contribution in [2.24, 2.45) is 5.41 Å². The number of fused-ring (bicyclic) bond motifs is 1. The summed E-state index contributed by atoms with van der Waals surface area (Å²) in [5, 5.41) is 11.1. The Labute approximate surface area is 187 Å². The Bertz CT molecular complexity index is 1140. The van der Waals surface area contributed by atoms with Gasteiger partial charge in [0, 0.05) is 40.4 Å². The van der Waals surface area contributed by atoms with E-state index in [9.17, 15) is 8.78 Å². The first-order chi connectivity index (χ1) is 15.1. The molecule has 1 aliphatic heterocycles. The Morgan fingerprint density at radius 2 is 1.94 bits per heavy atom. The SMILES string of the molecule is C=C(CC1c2cc(C)c(F)cc2OCC12CC2)Nc1cnc(C(C(C)=N)=C(C)C)c(F)c1. The number of pyridine rings is 1. The van der Waals surface area contributed by atoms with E-state index in [0.29, 0.717) is 35.6 Å². The van der Waals surface area contributed by atoms with Gasteiger partial charge in [0.05, 0.1) is 18.5 Å². The van der Waals surface area contributed by atoms with Crippen LogP contribution in [0, 0.1) is 29.4 Å². The molecule has 6 heteroatoms. The fourth-order valence-corrected chi connectivity index (χ4v) is 4.70. The average molecular weight is 438 g/mol. The summed E-state index contributed by atoms with van der Waals surface area (Å²) in [6.07, 6.45) is 4.35. The van der Waals surface area contributed by atoms with Gasteiger partial charge in [0.1, 0.15) is 17.3 Å². The molecule has 168 valence electrons. The van der Waals surface area contributed by atoms with Gasteiger partial charge in [-0.3, -0.25) is 4.98 Å². The van der Waals surface area contributed by atoms with Crippen LogP contribution in [0.5, 0.6) is 5.75 Å². The van der Waals surface area contributed by atoms with Crippen LogP contribution in [0.3, 0.4) is 0 Å². The van der Waals surface area contributed by atoms with Gasteiger partial charge in [-0.25, -0.2) is 8.78 Å². The summed E-state index contributed by atoms with van der Waals surface area (Å²) < 4.78 is 34.8. The van der Waals surface area contributed by atoms with Gasteiger partial charge in [0.15, 0.2) is 5.82 Å². The zero-order chi connectivity index (χ0) is 23.2. The van der Waals surface area contributed by atoms with E-state index in [-0.39, 0.29) is 28.6 Å². The minimum absolute atomic E-state index is 0.0646. The van der Waals surface area contributed by atoms with Gasteiger partial charge in [0.25, 0.3) is 0 Å². The van der Waals surface area contributed by atoms with Gasteiger partial charge in [0.2, 0.25) is 0 Å². The van der Waals surface area contributed by atoms with Crippen molar-refractivity contribution in [1.29, 1.82) is 5.41 Å². The number of aromatic nitrogens is 1. The van der Waals surface area contributed by atoms with Gasteiger partial charge in [-0.15, -0.1) is 0 Å². The van der Waals surface area contributed by atoms with Crippen molar-refractivity contribution in [1.82, 2.24) is 4.98 Å². The van der Waals surface area contributed by atoms with Crippen LogP contribution in [0.4, 0.5) is 14.5 Å². The highest BCUT2D eigenvalue weighted by molar-refractivity contribution is 6.21. The minimum atomic E-state index is -0.480. The molecule has 1 aromatic carbocycles. The maximum atomic E-state index is 14.8. The number of allylic oxidation sites excluding steroid dienone is 3. The Kier molecular flexibility index (Phi) is 5.65. The zero-order valence-corrected chi connectivity index (χ0v) is 19.0. The van der Waals surface area contributed by atoms with Gasteiger partial charge < -0.3 is 15.5 Å². The number of ether oxygens (including phenoxy) is 1. The highest BCUT2D eigenvalue weighted by atomic mass is 19.1. The molecule has 0 amide bonds. The van der Waals surface area contributed by atoms with Gasteiger partial charge >= 0.3 is 0 Å². The largest absolute Gasteiger partial charge is 0.493 e. The summed E-state index contributed by atoms with van der Waals surface area (Å²) >= 11 is 0. The number of hydrogen-bond donors (Lipinski definition) is 2. The predicted molar refractivity (Wildman–Crippen MR) is 124 cm³/mol. The van der Waals surface area contributed by atoms with Crippen molar-refractivity contribution in [3.63, 3.8) is 0 Å². The number of rotatable bonds is 6. The van der Waals surface area contributed by atoms with E-state index in [4.69, 9.17) is 10.1 Å². The van der Waals surface area contributed by atoms with Crippen LogP contribution in [0.2, 0.25) is 0 Å². The molecule has 0 bridgehead atoms. The fourth-order valence-electron chi connectivity index (χ4n) is 4.70. The molecule has 1 aliphatic carbocycles. The smallest absolute Gasteiger partial charge is 0.151 e. The van der Waals surface area contributed by atoms with Gasteiger partial charge in [-0.2, -0.15) is 0 Å². The molecule has 2 heterocycles. The number of halogens is 2. The molecule has 4 rings (SSSR count). The predicted octanol–water partition coefficient (Wildman–Crippen LogP) is 6.77. The second kappa shape index (κ2) is 8.15. The molecule has 0 radical (unpaired) electrons. The van der Waals surface area contributed by atoms with E-state index in [1.165, 1.54) is 12.1 Å². The van der Waals surface area contributed by atoms with Crippen molar-refractivity contribution < 1.29 is 13.5 Å². The molecule has 1 saturated carbocycles. The van der Waals surface area contributed by atoms with E-state index in [0.717, 1.165) is 29.7 Å². The Balaban J connectivity index is 1.55. The molecule has 1 unspecified atom stereocenters. The molecular weight excluding hydrogens is 408 g/mol. The van der Waals surface area contributed by atoms with Crippen LogP contribution in [-0.4, -0.2) is 17.3 Å². The lowest BCUT2D eigenvalue weighted by molar-refractivity contribution is 0.174. The molecule has 0 saturated heterocycles. The van der Waals surface area contributed by atoms with Crippen LogP contribution in [0.15, 0.2) is 42.2 Å².